The molecule has 0 aliphatic carbocycles. The van der Waals surface area contributed by atoms with Crippen molar-refractivity contribution in [1.82, 2.24) is 15.2 Å². The summed E-state index contributed by atoms with van der Waals surface area (Å²) in [5.41, 5.74) is 1.65. The highest BCUT2D eigenvalue weighted by Crippen LogP contribution is 2.17. The number of benzene rings is 1. The number of aromatic amines is 1. The molecule has 3 rings (SSSR count). The molecule has 19 heavy (non-hydrogen) atoms. The third-order valence-electron chi connectivity index (χ3n) is 2.69. The van der Waals surface area contributed by atoms with Crippen LogP contribution in [0.25, 0.3) is 10.9 Å². The van der Waals surface area contributed by atoms with Crippen LogP contribution < -0.4 is 5.32 Å². The molecule has 0 unspecified atom stereocenters. The highest BCUT2D eigenvalue weighted by atomic mass is 19.1. The van der Waals surface area contributed by atoms with Crippen molar-refractivity contribution in [2.45, 2.75) is 0 Å². The minimum absolute atomic E-state index is 0.220. The molecule has 2 aromatic heterocycles. The molecule has 6 heteroatoms. The summed E-state index contributed by atoms with van der Waals surface area (Å²) in [6.07, 6.45) is 2.95. The maximum atomic E-state index is 12.9. The Hall–Kier alpha value is -2.76. The van der Waals surface area contributed by atoms with Crippen LogP contribution in [-0.4, -0.2) is 21.1 Å². The molecule has 1 aromatic carbocycles. The number of rotatable bonds is 2. The van der Waals surface area contributed by atoms with Crippen molar-refractivity contribution < 1.29 is 9.18 Å². The Kier molecular flexibility index (Phi) is 2.68. The molecule has 0 atom stereocenters. The number of anilines is 1. The SMILES string of the molecule is O=C(Nc1ccc2cn[nH]c2c1)c1ccnc(F)c1. The van der Waals surface area contributed by atoms with Crippen LogP contribution in [0.1, 0.15) is 10.4 Å². The Morgan fingerprint density at radius 2 is 2.16 bits per heavy atom. The molecule has 1 amide bonds. The Morgan fingerprint density at radius 3 is 3.00 bits per heavy atom. The Balaban J connectivity index is 1.86. The van der Waals surface area contributed by atoms with E-state index in [0.717, 1.165) is 17.0 Å². The Bertz CT molecular complexity index is 753. The highest BCUT2D eigenvalue weighted by Gasteiger charge is 2.08. The van der Waals surface area contributed by atoms with Crippen molar-refractivity contribution in [3.8, 4) is 0 Å². The third kappa shape index (κ3) is 2.28. The maximum absolute atomic E-state index is 12.9. The topological polar surface area (TPSA) is 70.7 Å². The second-order valence-corrected chi connectivity index (χ2v) is 3.99. The number of aromatic nitrogens is 3. The molecule has 0 saturated heterocycles. The zero-order chi connectivity index (χ0) is 13.2. The van der Waals surface area contributed by atoms with Gasteiger partial charge in [-0.25, -0.2) is 4.98 Å². The standard InChI is InChI=1S/C13H9FN4O/c14-12-5-8(3-4-15-12)13(19)17-10-2-1-9-7-16-18-11(9)6-10/h1-7H,(H,16,18)(H,17,19). The molecule has 5 nitrogen and oxygen atoms in total. The zero-order valence-electron chi connectivity index (χ0n) is 9.72. The number of fused-ring (bicyclic) bond motifs is 1. The molecule has 0 aliphatic heterocycles. The number of nitrogens with zero attached hydrogens (tertiary/aromatic N) is 2. The average Bonchev–Trinajstić information content (AvgIpc) is 2.86. The molecule has 0 radical (unpaired) electrons. The lowest BCUT2D eigenvalue weighted by molar-refractivity contribution is 0.102. The monoisotopic (exact) mass is 256 g/mol. The van der Waals surface area contributed by atoms with Crippen LogP contribution in [0.4, 0.5) is 10.1 Å². The third-order valence-corrected chi connectivity index (χ3v) is 2.69. The van der Waals surface area contributed by atoms with Crippen molar-refractivity contribution in [2.24, 2.45) is 0 Å². The summed E-state index contributed by atoms with van der Waals surface area (Å²) in [5.74, 6) is -1.07. The van der Waals surface area contributed by atoms with Gasteiger partial charge in [0.2, 0.25) is 5.95 Å². The van der Waals surface area contributed by atoms with E-state index in [1.54, 1.807) is 18.3 Å². The van der Waals surface area contributed by atoms with E-state index in [1.165, 1.54) is 12.3 Å². The summed E-state index contributed by atoms with van der Waals surface area (Å²) in [6, 6.07) is 7.89. The summed E-state index contributed by atoms with van der Waals surface area (Å²) in [6.45, 7) is 0. The van der Waals surface area contributed by atoms with Crippen LogP contribution in [0.15, 0.2) is 42.7 Å². The van der Waals surface area contributed by atoms with E-state index in [2.05, 4.69) is 20.5 Å². The second-order valence-electron chi connectivity index (χ2n) is 3.99. The van der Waals surface area contributed by atoms with E-state index in [0.29, 0.717) is 5.69 Å². The predicted molar refractivity (Wildman–Crippen MR) is 68.2 cm³/mol. The lowest BCUT2D eigenvalue weighted by atomic mass is 10.2. The number of H-pyrrole nitrogens is 1. The van der Waals surface area contributed by atoms with Crippen LogP contribution in [-0.2, 0) is 0 Å². The first-order chi connectivity index (χ1) is 9.22. The van der Waals surface area contributed by atoms with Gasteiger partial charge in [-0.3, -0.25) is 9.89 Å². The number of hydrogen-bond acceptors (Lipinski definition) is 3. The molecule has 2 N–H and O–H groups in total. The second kappa shape index (κ2) is 4.49. The first-order valence-corrected chi connectivity index (χ1v) is 5.58. The summed E-state index contributed by atoms with van der Waals surface area (Å²) < 4.78 is 12.9. The van der Waals surface area contributed by atoms with Gasteiger partial charge in [0.1, 0.15) is 0 Å². The van der Waals surface area contributed by atoms with Gasteiger partial charge in [-0.1, -0.05) is 0 Å². The summed E-state index contributed by atoms with van der Waals surface area (Å²) in [4.78, 5) is 15.3. The Labute approximate surface area is 107 Å². The predicted octanol–water partition coefficient (Wildman–Crippen LogP) is 2.35. The summed E-state index contributed by atoms with van der Waals surface area (Å²) in [7, 11) is 0. The molecule has 0 spiro atoms. The molecule has 0 saturated carbocycles. The fourth-order valence-corrected chi connectivity index (χ4v) is 1.76. The van der Waals surface area contributed by atoms with Crippen molar-refractivity contribution in [3.63, 3.8) is 0 Å². The largest absolute Gasteiger partial charge is 0.322 e. The van der Waals surface area contributed by atoms with Gasteiger partial charge >= 0.3 is 0 Å². The normalized spacial score (nSPS) is 10.6. The van der Waals surface area contributed by atoms with Crippen LogP contribution >= 0.6 is 0 Å². The van der Waals surface area contributed by atoms with Gasteiger partial charge in [0, 0.05) is 28.9 Å². The number of halogens is 1. The number of hydrogen-bond donors (Lipinski definition) is 2. The van der Waals surface area contributed by atoms with Crippen LogP contribution in [0.2, 0.25) is 0 Å². The van der Waals surface area contributed by atoms with E-state index in [-0.39, 0.29) is 11.5 Å². The lowest BCUT2D eigenvalue weighted by Gasteiger charge is -2.05. The summed E-state index contributed by atoms with van der Waals surface area (Å²) >= 11 is 0. The average molecular weight is 256 g/mol. The molecule has 0 fully saturated rings. The number of pyridine rings is 1. The molecular weight excluding hydrogens is 247 g/mol. The molecule has 94 valence electrons. The minimum atomic E-state index is -0.684. The fraction of sp³-hybridized carbons (Fsp3) is 0. The van der Waals surface area contributed by atoms with Gasteiger partial charge < -0.3 is 5.32 Å². The van der Waals surface area contributed by atoms with Gasteiger partial charge in [-0.2, -0.15) is 9.49 Å². The maximum Gasteiger partial charge on any atom is 0.255 e. The molecule has 0 aliphatic rings. The van der Waals surface area contributed by atoms with Crippen molar-refractivity contribution in [1.29, 1.82) is 0 Å². The smallest absolute Gasteiger partial charge is 0.255 e. The molecule has 0 bridgehead atoms. The van der Waals surface area contributed by atoms with E-state index in [1.807, 2.05) is 6.07 Å². The van der Waals surface area contributed by atoms with E-state index in [9.17, 15) is 9.18 Å². The number of amides is 1. The number of carbonyl (C=O) groups is 1. The zero-order valence-corrected chi connectivity index (χ0v) is 9.72. The molecule has 2 heterocycles. The van der Waals surface area contributed by atoms with E-state index in [4.69, 9.17) is 0 Å². The minimum Gasteiger partial charge on any atom is -0.322 e. The van der Waals surface area contributed by atoms with Crippen LogP contribution in [0.3, 0.4) is 0 Å². The van der Waals surface area contributed by atoms with Gasteiger partial charge in [0.25, 0.3) is 5.91 Å². The van der Waals surface area contributed by atoms with Gasteiger partial charge in [-0.05, 0) is 24.3 Å². The van der Waals surface area contributed by atoms with Crippen molar-refractivity contribution in [3.05, 3.63) is 54.2 Å². The first kappa shape index (κ1) is 11.3. The van der Waals surface area contributed by atoms with Crippen molar-refractivity contribution in [2.75, 3.05) is 5.32 Å². The molecular formula is C13H9FN4O. The first-order valence-electron chi connectivity index (χ1n) is 5.58. The lowest BCUT2D eigenvalue weighted by Crippen LogP contribution is -2.12. The number of carbonyl (C=O) groups excluding carboxylic acids is 1. The van der Waals surface area contributed by atoms with Gasteiger partial charge in [0.05, 0.1) is 11.7 Å². The van der Waals surface area contributed by atoms with Gasteiger partial charge in [-0.15, -0.1) is 0 Å². The van der Waals surface area contributed by atoms with E-state index >= 15 is 0 Å². The van der Waals surface area contributed by atoms with Crippen LogP contribution in [0, 0.1) is 5.95 Å². The van der Waals surface area contributed by atoms with E-state index < -0.39 is 5.95 Å². The summed E-state index contributed by atoms with van der Waals surface area (Å²) in [5, 5.41) is 10.3. The number of nitrogens with one attached hydrogen (secondary N) is 2. The van der Waals surface area contributed by atoms with Crippen molar-refractivity contribution >= 4 is 22.5 Å². The van der Waals surface area contributed by atoms with Gasteiger partial charge in [0.15, 0.2) is 0 Å². The molecule has 3 aromatic rings. The van der Waals surface area contributed by atoms with Crippen LogP contribution in [0.5, 0.6) is 0 Å². The fourth-order valence-electron chi connectivity index (χ4n) is 1.76. The quantitative estimate of drug-likeness (QED) is 0.691. The highest BCUT2D eigenvalue weighted by molar-refractivity contribution is 6.04. The Morgan fingerprint density at radius 1 is 1.26 bits per heavy atom.